The largest absolute Gasteiger partial charge is 0.387 e. The van der Waals surface area contributed by atoms with Gasteiger partial charge in [0.1, 0.15) is 0 Å². The number of nitrogens with one attached hydrogen (secondary N) is 1. The fourth-order valence-corrected chi connectivity index (χ4v) is 2.19. The Kier molecular flexibility index (Phi) is 9.67. The van der Waals surface area contributed by atoms with Crippen LogP contribution in [0.2, 0.25) is 0 Å². The highest BCUT2D eigenvalue weighted by atomic mass is 35.5. The molecule has 20 heavy (non-hydrogen) atoms. The molecule has 4 N–H and O–H groups in total. The van der Waals surface area contributed by atoms with E-state index in [0.29, 0.717) is 6.42 Å². The summed E-state index contributed by atoms with van der Waals surface area (Å²) in [5.74, 6) is 0.649. The van der Waals surface area contributed by atoms with Crippen LogP contribution in [-0.4, -0.2) is 35.6 Å². The van der Waals surface area contributed by atoms with E-state index in [0.717, 1.165) is 16.9 Å². The number of halogens is 1. The summed E-state index contributed by atoms with van der Waals surface area (Å²) >= 11 is 1.66. The summed E-state index contributed by atoms with van der Waals surface area (Å²) in [5, 5.41) is 12.7. The maximum Gasteiger partial charge on any atom is 0.237 e. The average Bonchev–Trinajstić information content (AvgIpc) is 2.41. The van der Waals surface area contributed by atoms with Crippen LogP contribution in [0.15, 0.2) is 24.3 Å². The minimum Gasteiger partial charge on any atom is -0.387 e. The average molecular weight is 319 g/mol. The lowest BCUT2D eigenvalue weighted by Crippen LogP contribution is -2.42. The Morgan fingerprint density at radius 1 is 1.50 bits per heavy atom. The van der Waals surface area contributed by atoms with Crippen molar-refractivity contribution in [2.75, 3.05) is 18.6 Å². The number of hydrogen-bond acceptors (Lipinski definition) is 4. The van der Waals surface area contributed by atoms with Gasteiger partial charge in [-0.15, -0.1) is 12.4 Å². The highest BCUT2D eigenvalue weighted by Gasteiger charge is 2.15. The van der Waals surface area contributed by atoms with Crippen LogP contribution in [0.1, 0.15) is 23.7 Å². The first kappa shape index (κ1) is 19.2. The van der Waals surface area contributed by atoms with E-state index in [-0.39, 0.29) is 24.9 Å². The van der Waals surface area contributed by atoms with Gasteiger partial charge in [-0.3, -0.25) is 4.79 Å². The number of amides is 1. The SMILES string of the molecule is CSCCC(N)C(=O)NCC(O)c1cccc(C)c1.Cl. The van der Waals surface area contributed by atoms with Crippen molar-refractivity contribution in [1.82, 2.24) is 5.32 Å². The zero-order valence-electron chi connectivity index (χ0n) is 11.8. The maximum atomic E-state index is 11.7. The van der Waals surface area contributed by atoms with Gasteiger partial charge in [-0.2, -0.15) is 11.8 Å². The number of thioether (sulfide) groups is 1. The number of carbonyl (C=O) groups is 1. The maximum absolute atomic E-state index is 11.7. The highest BCUT2D eigenvalue weighted by molar-refractivity contribution is 7.98. The van der Waals surface area contributed by atoms with Gasteiger partial charge in [0.05, 0.1) is 12.1 Å². The summed E-state index contributed by atoms with van der Waals surface area (Å²) in [6.07, 6.45) is 1.93. The Labute approximate surface area is 130 Å². The van der Waals surface area contributed by atoms with E-state index in [1.165, 1.54) is 0 Å². The summed E-state index contributed by atoms with van der Waals surface area (Å²) in [4.78, 5) is 11.7. The van der Waals surface area contributed by atoms with E-state index < -0.39 is 12.1 Å². The molecule has 0 aliphatic heterocycles. The van der Waals surface area contributed by atoms with Crippen LogP contribution in [0.25, 0.3) is 0 Å². The summed E-state index contributed by atoms with van der Waals surface area (Å²) in [6, 6.07) is 7.10. The van der Waals surface area contributed by atoms with Gasteiger partial charge in [0.25, 0.3) is 0 Å². The van der Waals surface area contributed by atoms with Crippen molar-refractivity contribution in [3.05, 3.63) is 35.4 Å². The van der Waals surface area contributed by atoms with Gasteiger partial charge in [0.2, 0.25) is 5.91 Å². The third-order valence-electron chi connectivity index (χ3n) is 2.87. The molecule has 0 aliphatic carbocycles. The normalized spacial score (nSPS) is 13.2. The summed E-state index contributed by atoms with van der Waals surface area (Å²) in [7, 11) is 0. The Morgan fingerprint density at radius 2 is 2.20 bits per heavy atom. The highest BCUT2D eigenvalue weighted by Crippen LogP contribution is 2.13. The second-order valence-electron chi connectivity index (χ2n) is 4.56. The van der Waals surface area contributed by atoms with Crippen LogP contribution in [0.5, 0.6) is 0 Å². The molecule has 0 spiro atoms. The van der Waals surface area contributed by atoms with Crippen LogP contribution in [-0.2, 0) is 4.79 Å². The predicted molar refractivity (Wildman–Crippen MR) is 87.4 cm³/mol. The lowest BCUT2D eigenvalue weighted by Gasteiger charge is -2.15. The number of aliphatic hydroxyl groups is 1. The Balaban J connectivity index is 0.00000361. The number of hydrogen-bond donors (Lipinski definition) is 3. The van der Waals surface area contributed by atoms with Gasteiger partial charge < -0.3 is 16.2 Å². The first-order valence-electron chi connectivity index (χ1n) is 6.31. The fraction of sp³-hybridized carbons (Fsp3) is 0.500. The number of nitrogens with two attached hydrogens (primary N) is 1. The molecule has 6 heteroatoms. The topological polar surface area (TPSA) is 75.4 Å². The minimum atomic E-state index is -0.698. The molecule has 1 rings (SSSR count). The second kappa shape index (κ2) is 10.0. The molecular weight excluding hydrogens is 296 g/mol. The van der Waals surface area contributed by atoms with Crippen LogP contribution < -0.4 is 11.1 Å². The van der Waals surface area contributed by atoms with Crippen LogP contribution in [0.4, 0.5) is 0 Å². The standard InChI is InChI=1S/C14H22N2O2S.ClH/c1-10-4-3-5-11(8-10)13(17)9-16-14(18)12(15)6-7-19-2;/h3-5,8,12-13,17H,6-7,9,15H2,1-2H3,(H,16,18);1H. The van der Waals surface area contributed by atoms with E-state index in [4.69, 9.17) is 5.73 Å². The molecule has 0 aliphatic rings. The van der Waals surface area contributed by atoms with Gasteiger partial charge in [-0.05, 0) is 30.9 Å². The molecule has 0 aromatic heterocycles. The summed E-state index contributed by atoms with van der Waals surface area (Å²) in [6.45, 7) is 2.16. The van der Waals surface area contributed by atoms with Crippen LogP contribution in [0.3, 0.4) is 0 Å². The first-order chi connectivity index (χ1) is 9.04. The molecule has 0 fully saturated rings. The van der Waals surface area contributed by atoms with E-state index in [9.17, 15) is 9.90 Å². The summed E-state index contributed by atoms with van der Waals surface area (Å²) in [5.41, 5.74) is 7.63. The molecule has 2 unspecified atom stereocenters. The van der Waals surface area contributed by atoms with Crippen molar-refractivity contribution in [2.45, 2.75) is 25.5 Å². The molecule has 1 aromatic carbocycles. The molecule has 0 heterocycles. The van der Waals surface area contributed by atoms with Crippen LogP contribution in [0, 0.1) is 6.92 Å². The van der Waals surface area contributed by atoms with E-state index in [2.05, 4.69) is 5.32 Å². The molecule has 0 bridgehead atoms. The third-order valence-corrected chi connectivity index (χ3v) is 3.51. The van der Waals surface area contributed by atoms with Crippen LogP contribution >= 0.6 is 24.2 Å². The predicted octanol–water partition coefficient (Wildman–Crippen LogP) is 1.65. The molecule has 4 nitrogen and oxygen atoms in total. The van der Waals surface area contributed by atoms with Crippen molar-refractivity contribution in [1.29, 1.82) is 0 Å². The number of rotatable bonds is 7. The second-order valence-corrected chi connectivity index (χ2v) is 5.55. The number of aryl methyl sites for hydroxylation is 1. The van der Waals surface area contributed by atoms with Crippen molar-refractivity contribution < 1.29 is 9.90 Å². The van der Waals surface area contributed by atoms with Gasteiger partial charge in [-0.1, -0.05) is 29.8 Å². The Hall–Kier alpha value is -0.750. The molecular formula is C14H23ClN2O2S. The molecule has 0 radical (unpaired) electrons. The van der Waals surface area contributed by atoms with Crippen molar-refractivity contribution in [3.63, 3.8) is 0 Å². The van der Waals surface area contributed by atoms with Crippen molar-refractivity contribution in [2.24, 2.45) is 5.73 Å². The van der Waals surface area contributed by atoms with Gasteiger partial charge in [0.15, 0.2) is 0 Å². The number of benzene rings is 1. The number of carbonyl (C=O) groups excluding carboxylic acids is 1. The Bertz CT molecular complexity index is 418. The third kappa shape index (κ3) is 6.61. The van der Waals surface area contributed by atoms with E-state index >= 15 is 0 Å². The van der Waals surface area contributed by atoms with E-state index in [1.807, 2.05) is 37.4 Å². The quantitative estimate of drug-likeness (QED) is 0.714. The first-order valence-corrected chi connectivity index (χ1v) is 7.71. The monoisotopic (exact) mass is 318 g/mol. The lowest BCUT2D eigenvalue weighted by atomic mass is 10.1. The zero-order valence-corrected chi connectivity index (χ0v) is 13.5. The van der Waals surface area contributed by atoms with Gasteiger partial charge >= 0.3 is 0 Å². The van der Waals surface area contributed by atoms with E-state index in [1.54, 1.807) is 11.8 Å². The smallest absolute Gasteiger partial charge is 0.237 e. The lowest BCUT2D eigenvalue weighted by molar-refractivity contribution is -0.122. The molecule has 114 valence electrons. The number of aliphatic hydroxyl groups excluding tert-OH is 1. The van der Waals surface area contributed by atoms with Crippen molar-refractivity contribution >= 4 is 30.1 Å². The zero-order chi connectivity index (χ0) is 14.3. The summed E-state index contributed by atoms with van der Waals surface area (Å²) < 4.78 is 0. The fourth-order valence-electron chi connectivity index (χ4n) is 1.70. The van der Waals surface area contributed by atoms with Crippen molar-refractivity contribution in [3.8, 4) is 0 Å². The Morgan fingerprint density at radius 3 is 2.80 bits per heavy atom. The molecule has 2 atom stereocenters. The molecule has 0 saturated heterocycles. The van der Waals surface area contributed by atoms with Gasteiger partial charge in [0, 0.05) is 6.54 Å². The minimum absolute atomic E-state index is 0. The van der Waals surface area contributed by atoms with Gasteiger partial charge in [-0.25, -0.2) is 0 Å². The molecule has 1 amide bonds. The molecule has 0 saturated carbocycles. The molecule has 1 aromatic rings.